The number of imidazole rings is 1. The van der Waals surface area contributed by atoms with Gasteiger partial charge in [-0.25, -0.2) is 4.98 Å². The van der Waals surface area contributed by atoms with Crippen LogP contribution in [0.4, 0.5) is 5.69 Å². The van der Waals surface area contributed by atoms with E-state index in [4.69, 9.17) is 10.5 Å². The number of aromatic nitrogens is 2. The van der Waals surface area contributed by atoms with Crippen LogP contribution >= 0.6 is 0 Å². The van der Waals surface area contributed by atoms with Gasteiger partial charge in [0.05, 0.1) is 23.9 Å². The first-order valence-electron chi connectivity index (χ1n) is 6.78. The minimum atomic E-state index is -0.611. The molecule has 0 radical (unpaired) electrons. The molecule has 1 heterocycles. The molecule has 0 bridgehead atoms. The Kier molecular flexibility index (Phi) is 3.75. The normalized spacial score (nSPS) is 12.4. The molecule has 0 aliphatic rings. The summed E-state index contributed by atoms with van der Waals surface area (Å²) in [6, 6.07) is 14.9. The van der Waals surface area contributed by atoms with Crippen LogP contribution in [0.25, 0.3) is 11.0 Å². The average molecular weight is 283 g/mol. The highest BCUT2D eigenvalue weighted by molar-refractivity contribution is 5.74. The maximum atomic E-state index is 10.1. The van der Waals surface area contributed by atoms with Crippen molar-refractivity contribution in [1.29, 1.82) is 0 Å². The van der Waals surface area contributed by atoms with Gasteiger partial charge < -0.3 is 20.1 Å². The van der Waals surface area contributed by atoms with Gasteiger partial charge in [-0.1, -0.05) is 12.1 Å². The van der Waals surface area contributed by atoms with Gasteiger partial charge in [-0.2, -0.15) is 0 Å². The van der Waals surface area contributed by atoms with Crippen LogP contribution in [-0.2, 0) is 6.54 Å². The van der Waals surface area contributed by atoms with Gasteiger partial charge in [-0.3, -0.25) is 0 Å². The van der Waals surface area contributed by atoms with E-state index in [1.807, 2.05) is 28.8 Å². The van der Waals surface area contributed by atoms with Crippen molar-refractivity contribution < 1.29 is 9.84 Å². The van der Waals surface area contributed by atoms with Crippen molar-refractivity contribution in [2.45, 2.75) is 12.6 Å². The third-order valence-electron chi connectivity index (χ3n) is 3.26. The second-order valence-electron chi connectivity index (χ2n) is 4.92. The lowest BCUT2D eigenvalue weighted by atomic mass is 10.3. The first-order valence-corrected chi connectivity index (χ1v) is 6.78. The molecule has 3 rings (SSSR count). The predicted molar refractivity (Wildman–Crippen MR) is 82.1 cm³/mol. The lowest BCUT2D eigenvalue weighted by Crippen LogP contribution is -2.23. The van der Waals surface area contributed by atoms with Crippen molar-refractivity contribution in [3.63, 3.8) is 0 Å². The maximum absolute atomic E-state index is 10.1. The molecular formula is C16H17N3O2. The Morgan fingerprint density at radius 2 is 1.90 bits per heavy atom. The number of ether oxygens (including phenoxy) is 1. The van der Waals surface area contributed by atoms with Gasteiger partial charge in [0.1, 0.15) is 18.5 Å². The second-order valence-corrected chi connectivity index (χ2v) is 4.92. The van der Waals surface area contributed by atoms with Crippen molar-refractivity contribution in [3.05, 3.63) is 54.9 Å². The molecule has 3 N–H and O–H groups in total. The number of benzene rings is 2. The van der Waals surface area contributed by atoms with Crippen molar-refractivity contribution in [3.8, 4) is 5.75 Å². The average Bonchev–Trinajstić information content (AvgIpc) is 2.90. The van der Waals surface area contributed by atoms with Crippen LogP contribution in [0.15, 0.2) is 54.9 Å². The van der Waals surface area contributed by atoms with Gasteiger partial charge >= 0.3 is 0 Å². The highest BCUT2D eigenvalue weighted by Gasteiger charge is 2.09. The molecule has 21 heavy (non-hydrogen) atoms. The Labute approximate surface area is 122 Å². The number of aliphatic hydroxyl groups excluding tert-OH is 1. The van der Waals surface area contributed by atoms with Crippen molar-refractivity contribution in [2.75, 3.05) is 12.3 Å². The Hall–Kier alpha value is -2.53. The number of nitrogens with zero attached hydrogens (tertiary/aromatic N) is 2. The highest BCUT2D eigenvalue weighted by atomic mass is 16.5. The fourth-order valence-electron chi connectivity index (χ4n) is 2.19. The van der Waals surface area contributed by atoms with E-state index in [9.17, 15) is 5.11 Å². The van der Waals surface area contributed by atoms with Gasteiger partial charge in [0.15, 0.2) is 0 Å². The van der Waals surface area contributed by atoms with Gasteiger partial charge in [-0.05, 0) is 36.4 Å². The van der Waals surface area contributed by atoms with Crippen LogP contribution in [0.3, 0.4) is 0 Å². The van der Waals surface area contributed by atoms with Gasteiger partial charge in [0.2, 0.25) is 0 Å². The molecule has 5 nitrogen and oxygen atoms in total. The summed E-state index contributed by atoms with van der Waals surface area (Å²) < 4.78 is 7.47. The molecule has 108 valence electrons. The molecule has 1 aromatic heterocycles. The third-order valence-corrected chi connectivity index (χ3v) is 3.26. The Bertz CT molecular complexity index is 722. The first kappa shape index (κ1) is 13.5. The Balaban J connectivity index is 1.61. The smallest absolute Gasteiger partial charge is 0.119 e. The summed E-state index contributed by atoms with van der Waals surface area (Å²) in [5.41, 5.74) is 8.22. The minimum Gasteiger partial charge on any atom is -0.491 e. The zero-order chi connectivity index (χ0) is 14.7. The number of aliphatic hydroxyl groups is 1. The number of hydrogen-bond acceptors (Lipinski definition) is 4. The molecule has 5 heteroatoms. The van der Waals surface area contributed by atoms with E-state index in [0.717, 1.165) is 11.0 Å². The van der Waals surface area contributed by atoms with Gasteiger partial charge in [0.25, 0.3) is 0 Å². The van der Waals surface area contributed by atoms with Gasteiger partial charge in [-0.15, -0.1) is 0 Å². The largest absolute Gasteiger partial charge is 0.491 e. The number of fused-ring (bicyclic) bond motifs is 1. The molecular weight excluding hydrogens is 266 g/mol. The van der Waals surface area contributed by atoms with Gasteiger partial charge in [0, 0.05) is 5.69 Å². The maximum Gasteiger partial charge on any atom is 0.119 e. The molecule has 0 fully saturated rings. The SMILES string of the molecule is Nc1ccc(OCC(O)Cn2cnc3ccccc32)cc1. The number of anilines is 1. The summed E-state index contributed by atoms with van der Waals surface area (Å²) in [5, 5.41) is 10.1. The zero-order valence-electron chi connectivity index (χ0n) is 11.5. The van der Waals surface area contributed by atoms with Crippen LogP contribution in [-0.4, -0.2) is 27.4 Å². The van der Waals surface area contributed by atoms with E-state index in [1.165, 1.54) is 0 Å². The number of para-hydroxylation sites is 2. The number of nitrogen functional groups attached to an aromatic ring is 1. The molecule has 0 aliphatic heterocycles. The number of hydrogen-bond donors (Lipinski definition) is 2. The van der Waals surface area contributed by atoms with E-state index in [2.05, 4.69) is 4.98 Å². The van der Waals surface area contributed by atoms with E-state index in [1.54, 1.807) is 30.6 Å². The van der Waals surface area contributed by atoms with Crippen molar-refractivity contribution in [1.82, 2.24) is 9.55 Å². The topological polar surface area (TPSA) is 73.3 Å². The molecule has 0 saturated carbocycles. The van der Waals surface area contributed by atoms with E-state index < -0.39 is 6.10 Å². The second kappa shape index (κ2) is 5.85. The molecule has 3 aromatic rings. The van der Waals surface area contributed by atoms with Crippen molar-refractivity contribution >= 4 is 16.7 Å². The number of rotatable bonds is 5. The molecule has 0 spiro atoms. The van der Waals surface area contributed by atoms with Crippen LogP contribution in [0.1, 0.15) is 0 Å². The predicted octanol–water partition coefficient (Wildman–Crippen LogP) is 2.06. The van der Waals surface area contributed by atoms with Crippen LogP contribution in [0, 0.1) is 0 Å². The zero-order valence-corrected chi connectivity index (χ0v) is 11.5. The summed E-state index contributed by atoms with van der Waals surface area (Å²) in [7, 11) is 0. The first-order chi connectivity index (χ1) is 10.2. The molecule has 0 aliphatic carbocycles. The van der Waals surface area contributed by atoms with Crippen molar-refractivity contribution in [2.24, 2.45) is 0 Å². The van der Waals surface area contributed by atoms with E-state index >= 15 is 0 Å². The summed E-state index contributed by atoms with van der Waals surface area (Å²) in [6.45, 7) is 0.659. The Morgan fingerprint density at radius 3 is 2.71 bits per heavy atom. The lowest BCUT2D eigenvalue weighted by molar-refractivity contribution is 0.0934. The van der Waals surface area contributed by atoms with Crippen LogP contribution in [0.2, 0.25) is 0 Å². The summed E-state index contributed by atoms with van der Waals surface area (Å²) in [5.74, 6) is 0.693. The molecule has 1 unspecified atom stereocenters. The minimum absolute atomic E-state index is 0.219. The summed E-state index contributed by atoms with van der Waals surface area (Å²) in [6.07, 6.45) is 1.12. The molecule has 0 amide bonds. The summed E-state index contributed by atoms with van der Waals surface area (Å²) in [4.78, 5) is 4.30. The lowest BCUT2D eigenvalue weighted by Gasteiger charge is -2.13. The monoisotopic (exact) mass is 283 g/mol. The fourth-order valence-corrected chi connectivity index (χ4v) is 2.19. The molecule has 0 saturated heterocycles. The Morgan fingerprint density at radius 1 is 1.14 bits per heavy atom. The highest BCUT2D eigenvalue weighted by Crippen LogP contribution is 2.15. The third kappa shape index (κ3) is 3.14. The standard InChI is InChI=1S/C16H17N3O2/c17-12-5-7-14(8-6-12)21-10-13(20)9-19-11-18-15-3-1-2-4-16(15)19/h1-8,11,13,20H,9-10,17H2. The fraction of sp³-hybridized carbons (Fsp3) is 0.188. The number of nitrogens with two attached hydrogens (primary N) is 1. The molecule has 2 aromatic carbocycles. The van der Waals surface area contributed by atoms with E-state index in [0.29, 0.717) is 18.0 Å². The summed E-state index contributed by atoms with van der Waals surface area (Å²) >= 11 is 0. The van der Waals surface area contributed by atoms with Crippen LogP contribution < -0.4 is 10.5 Å². The van der Waals surface area contributed by atoms with E-state index in [-0.39, 0.29) is 6.61 Å². The molecule has 1 atom stereocenters. The van der Waals surface area contributed by atoms with Crippen LogP contribution in [0.5, 0.6) is 5.75 Å². The quantitative estimate of drug-likeness (QED) is 0.703.